The Kier molecular flexibility index (Phi) is 3.58. The Balaban J connectivity index is 2.18. The van der Waals surface area contributed by atoms with E-state index in [9.17, 15) is 9.59 Å². The van der Waals surface area contributed by atoms with Gasteiger partial charge >= 0.3 is 5.97 Å². The summed E-state index contributed by atoms with van der Waals surface area (Å²) in [6.07, 6.45) is 4.64. The average Bonchev–Trinajstić information content (AvgIpc) is 2.96. The summed E-state index contributed by atoms with van der Waals surface area (Å²) in [5.41, 5.74) is 0.689. The van der Waals surface area contributed by atoms with Gasteiger partial charge in [-0.25, -0.2) is 4.79 Å². The topological polar surface area (TPSA) is 57.6 Å². The molecule has 1 N–H and O–H groups in total. The summed E-state index contributed by atoms with van der Waals surface area (Å²) in [7, 11) is 0. The molecule has 0 unspecified atom stereocenters. The standard InChI is InChI=1S/C12H13NO3S/c14-10(15)4-3-9-5-8-17-11(9)12(16)13-6-1-2-7-13/h3-5,8H,1-2,6-7H2,(H,14,15)/b4-3+. The molecule has 1 fully saturated rings. The zero-order chi connectivity index (χ0) is 12.3. The third-order valence-corrected chi connectivity index (χ3v) is 3.61. The molecule has 1 amide bonds. The minimum Gasteiger partial charge on any atom is -0.478 e. The Morgan fingerprint density at radius 3 is 2.71 bits per heavy atom. The largest absolute Gasteiger partial charge is 0.478 e. The van der Waals surface area contributed by atoms with Gasteiger partial charge in [-0.2, -0.15) is 0 Å². The molecule has 1 saturated heterocycles. The van der Waals surface area contributed by atoms with Crippen molar-refractivity contribution < 1.29 is 14.7 Å². The van der Waals surface area contributed by atoms with Gasteiger partial charge in [0.2, 0.25) is 0 Å². The van der Waals surface area contributed by atoms with E-state index >= 15 is 0 Å². The third-order valence-electron chi connectivity index (χ3n) is 2.69. The molecular weight excluding hydrogens is 238 g/mol. The minimum absolute atomic E-state index is 0.0162. The lowest BCUT2D eigenvalue weighted by Gasteiger charge is -2.14. The van der Waals surface area contributed by atoms with Crippen molar-refractivity contribution in [2.75, 3.05) is 13.1 Å². The summed E-state index contributed by atoms with van der Waals surface area (Å²) in [5, 5.41) is 10.4. The average molecular weight is 251 g/mol. The van der Waals surface area contributed by atoms with E-state index in [1.54, 1.807) is 6.07 Å². The Labute approximate surface area is 103 Å². The second kappa shape index (κ2) is 5.14. The molecule has 4 nitrogen and oxygen atoms in total. The molecule has 0 atom stereocenters. The number of carboxylic acids is 1. The van der Waals surface area contributed by atoms with Crippen molar-refractivity contribution in [3.8, 4) is 0 Å². The highest BCUT2D eigenvalue weighted by Gasteiger charge is 2.22. The van der Waals surface area contributed by atoms with E-state index in [-0.39, 0.29) is 5.91 Å². The highest BCUT2D eigenvalue weighted by atomic mass is 32.1. The van der Waals surface area contributed by atoms with E-state index in [0.717, 1.165) is 32.0 Å². The van der Waals surface area contributed by atoms with Crippen LogP contribution < -0.4 is 0 Å². The molecule has 0 radical (unpaired) electrons. The summed E-state index contributed by atoms with van der Waals surface area (Å²) in [4.78, 5) is 25.0. The summed E-state index contributed by atoms with van der Waals surface area (Å²) >= 11 is 1.36. The maximum absolute atomic E-state index is 12.1. The molecule has 17 heavy (non-hydrogen) atoms. The van der Waals surface area contributed by atoms with Gasteiger partial charge in [0.1, 0.15) is 0 Å². The summed E-state index contributed by atoms with van der Waals surface area (Å²) < 4.78 is 0. The van der Waals surface area contributed by atoms with Gasteiger partial charge in [0.15, 0.2) is 0 Å². The number of likely N-dealkylation sites (tertiary alicyclic amines) is 1. The fraction of sp³-hybridized carbons (Fsp3) is 0.333. The first kappa shape index (κ1) is 11.9. The molecule has 0 aliphatic carbocycles. The molecule has 90 valence electrons. The maximum Gasteiger partial charge on any atom is 0.328 e. The van der Waals surface area contributed by atoms with Crippen molar-refractivity contribution in [1.82, 2.24) is 4.90 Å². The highest BCUT2D eigenvalue weighted by molar-refractivity contribution is 7.12. The predicted octanol–water partition coefficient (Wildman–Crippen LogP) is 2.08. The normalized spacial score (nSPS) is 15.6. The van der Waals surface area contributed by atoms with Gasteiger partial charge in [-0.05, 0) is 35.9 Å². The summed E-state index contributed by atoms with van der Waals surface area (Å²) in [5.74, 6) is -0.988. The molecule has 5 heteroatoms. The van der Waals surface area contributed by atoms with Crippen LogP contribution in [0, 0.1) is 0 Å². The smallest absolute Gasteiger partial charge is 0.328 e. The zero-order valence-corrected chi connectivity index (χ0v) is 10.1. The lowest BCUT2D eigenvalue weighted by Crippen LogP contribution is -2.27. The van der Waals surface area contributed by atoms with Crippen molar-refractivity contribution in [1.29, 1.82) is 0 Å². The maximum atomic E-state index is 12.1. The lowest BCUT2D eigenvalue weighted by molar-refractivity contribution is -0.131. The van der Waals surface area contributed by atoms with Crippen LogP contribution in [0.1, 0.15) is 28.1 Å². The predicted molar refractivity (Wildman–Crippen MR) is 66.1 cm³/mol. The van der Waals surface area contributed by atoms with Crippen LogP contribution >= 0.6 is 11.3 Å². The molecule has 0 aromatic carbocycles. The van der Waals surface area contributed by atoms with Crippen LogP contribution in [0.4, 0.5) is 0 Å². The molecule has 2 heterocycles. The van der Waals surface area contributed by atoms with Crippen LogP contribution in [-0.4, -0.2) is 35.0 Å². The Morgan fingerprint density at radius 2 is 2.06 bits per heavy atom. The van der Waals surface area contributed by atoms with Gasteiger partial charge in [0, 0.05) is 19.2 Å². The number of carboxylic acid groups (broad SMARTS) is 1. The zero-order valence-electron chi connectivity index (χ0n) is 9.26. The van der Waals surface area contributed by atoms with Crippen LogP contribution in [0.2, 0.25) is 0 Å². The number of nitrogens with zero attached hydrogens (tertiary/aromatic N) is 1. The Bertz CT molecular complexity index is 458. The first-order valence-electron chi connectivity index (χ1n) is 5.46. The number of carbonyl (C=O) groups is 2. The van der Waals surface area contributed by atoms with Crippen LogP contribution in [0.5, 0.6) is 0 Å². The van der Waals surface area contributed by atoms with E-state index in [0.29, 0.717) is 10.4 Å². The third kappa shape index (κ3) is 2.74. The fourth-order valence-corrected chi connectivity index (χ4v) is 2.70. The van der Waals surface area contributed by atoms with Gasteiger partial charge in [-0.15, -0.1) is 11.3 Å². The van der Waals surface area contributed by atoms with Gasteiger partial charge in [-0.1, -0.05) is 0 Å². The van der Waals surface area contributed by atoms with Crippen LogP contribution in [0.25, 0.3) is 6.08 Å². The molecule has 0 bridgehead atoms. The number of hydrogen-bond acceptors (Lipinski definition) is 3. The Hall–Kier alpha value is -1.62. The van der Waals surface area contributed by atoms with Crippen LogP contribution in [0.3, 0.4) is 0 Å². The van der Waals surface area contributed by atoms with Crippen molar-refractivity contribution in [3.63, 3.8) is 0 Å². The minimum atomic E-state index is -1.00. The van der Waals surface area contributed by atoms with Crippen LogP contribution in [0.15, 0.2) is 17.5 Å². The molecule has 2 rings (SSSR count). The van der Waals surface area contributed by atoms with E-state index < -0.39 is 5.97 Å². The highest BCUT2D eigenvalue weighted by Crippen LogP contribution is 2.22. The van der Waals surface area contributed by atoms with Crippen molar-refractivity contribution >= 4 is 29.3 Å². The fourth-order valence-electron chi connectivity index (χ4n) is 1.85. The van der Waals surface area contributed by atoms with Gasteiger partial charge < -0.3 is 10.0 Å². The summed E-state index contributed by atoms with van der Waals surface area (Å²) in [6, 6.07) is 1.77. The summed E-state index contributed by atoms with van der Waals surface area (Å²) in [6.45, 7) is 1.61. The van der Waals surface area contributed by atoms with Crippen LogP contribution in [-0.2, 0) is 4.79 Å². The number of rotatable bonds is 3. The Morgan fingerprint density at radius 1 is 1.35 bits per heavy atom. The molecule has 1 aromatic heterocycles. The lowest BCUT2D eigenvalue weighted by atomic mass is 10.2. The van der Waals surface area contributed by atoms with Gasteiger partial charge in [0.05, 0.1) is 4.88 Å². The second-order valence-electron chi connectivity index (χ2n) is 3.88. The van der Waals surface area contributed by atoms with E-state index in [4.69, 9.17) is 5.11 Å². The number of amides is 1. The van der Waals surface area contributed by atoms with Crippen molar-refractivity contribution in [2.24, 2.45) is 0 Å². The molecule has 0 spiro atoms. The molecular formula is C12H13NO3S. The van der Waals surface area contributed by atoms with E-state index in [2.05, 4.69) is 0 Å². The molecule has 0 saturated carbocycles. The molecule has 1 aliphatic rings. The van der Waals surface area contributed by atoms with Gasteiger partial charge in [0.25, 0.3) is 5.91 Å². The quantitative estimate of drug-likeness (QED) is 0.837. The van der Waals surface area contributed by atoms with E-state index in [1.807, 2.05) is 10.3 Å². The van der Waals surface area contributed by atoms with Crippen molar-refractivity contribution in [2.45, 2.75) is 12.8 Å². The first-order chi connectivity index (χ1) is 8.18. The number of aliphatic carboxylic acids is 1. The van der Waals surface area contributed by atoms with Gasteiger partial charge in [-0.3, -0.25) is 4.79 Å². The number of hydrogen-bond donors (Lipinski definition) is 1. The monoisotopic (exact) mass is 251 g/mol. The first-order valence-corrected chi connectivity index (χ1v) is 6.34. The molecule has 1 aliphatic heterocycles. The van der Waals surface area contributed by atoms with E-state index in [1.165, 1.54) is 17.4 Å². The second-order valence-corrected chi connectivity index (χ2v) is 4.79. The SMILES string of the molecule is O=C(O)/C=C/c1ccsc1C(=O)N1CCCC1. The number of carbonyl (C=O) groups excluding carboxylic acids is 1. The number of thiophene rings is 1. The molecule has 1 aromatic rings. The van der Waals surface area contributed by atoms with Crippen molar-refractivity contribution in [3.05, 3.63) is 28.0 Å².